The first-order valence-corrected chi connectivity index (χ1v) is 0.597. The fraction of sp³-hybridized carbons (Fsp3) is 0. The molecule has 0 amide bonds. The van der Waals surface area contributed by atoms with Crippen molar-refractivity contribution in [1.29, 1.82) is 0 Å². The minimum atomic E-state index is -2.58. The summed E-state index contributed by atoms with van der Waals surface area (Å²) >= 11 is 0. The predicted octanol–water partition coefficient (Wildman–Crippen LogP) is 0.506. The lowest BCUT2D eigenvalue weighted by Crippen LogP contribution is -1.65. The summed E-state index contributed by atoms with van der Waals surface area (Å²) in [7, 11) is 0. The molecule has 0 atom stereocenters. The second-order valence-electron chi connectivity index (χ2n) is 0.238. The number of carbonyl (C=O) groups excluding carboxylic acids is 1. The van der Waals surface area contributed by atoms with Crippen molar-refractivity contribution >= 4 is 6.22 Å². The van der Waals surface area contributed by atoms with Gasteiger partial charge in [0.2, 0.25) is 0 Å². The summed E-state index contributed by atoms with van der Waals surface area (Å²) in [6, 6.07) is 0. The zero-order chi connectivity index (χ0) is 3.58. The van der Waals surface area contributed by atoms with Crippen LogP contribution in [0.25, 0.3) is 0 Å². The molecule has 0 rings (SSSR count). The first kappa shape index (κ1) is 3.40. The van der Waals surface area contributed by atoms with E-state index in [1.54, 1.807) is 0 Å². The summed E-state index contributed by atoms with van der Waals surface area (Å²) in [5, 5.41) is 8.22. The standard InChI is InChI=1S/CFO2/c2-1(3)4/i3+2,4+2. The van der Waals surface area contributed by atoms with Crippen molar-refractivity contribution in [3.8, 4) is 0 Å². The first-order chi connectivity index (χ1) is 1.73. The molecule has 0 aromatic rings. The van der Waals surface area contributed by atoms with Gasteiger partial charge >= 0.3 is 6.22 Å². The molecule has 23 valence electrons. The van der Waals surface area contributed by atoms with Crippen LogP contribution in [0.2, 0.25) is 0 Å². The molecular weight excluding hydrogens is 67.0 g/mol. The Hall–Kier alpha value is -0.600. The first-order valence-electron chi connectivity index (χ1n) is 0.597. The Morgan fingerprint density at radius 1 is 1.75 bits per heavy atom. The van der Waals surface area contributed by atoms with E-state index in [0.717, 1.165) is 0 Å². The van der Waals surface area contributed by atoms with Gasteiger partial charge in [-0.05, 0) is 0 Å². The SMILES string of the molecule is [18O]C(=[18O])F. The van der Waals surface area contributed by atoms with Gasteiger partial charge in [0.15, 0.2) is 0 Å². The van der Waals surface area contributed by atoms with Crippen molar-refractivity contribution in [2.45, 2.75) is 0 Å². The van der Waals surface area contributed by atoms with Gasteiger partial charge in [0, 0.05) is 0 Å². The summed E-state index contributed by atoms with van der Waals surface area (Å²) in [5.74, 6) is 0. The van der Waals surface area contributed by atoms with E-state index in [4.69, 9.17) is 9.90 Å². The van der Waals surface area contributed by atoms with E-state index in [1.807, 2.05) is 0 Å². The van der Waals surface area contributed by atoms with Crippen molar-refractivity contribution in [1.82, 2.24) is 0 Å². The Labute approximate surface area is 21.9 Å². The highest BCUT2D eigenvalue weighted by atomic mass is 19.2. The number of hydrogen-bond donors (Lipinski definition) is 0. The fourth-order valence-corrected chi connectivity index (χ4v) is 0. The van der Waals surface area contributed by atoms with Crippen molar-refractivity contribution < 1.29 is 14.3 Å². The Balaban J connectivity index is 2.80. The third-order valence-electron chi connectivity index (χ3n) is 0. The second kappa shape index (κ2) is 0.817. The average molecular weight is 67.0 g/mol. The van der Waals surface area contributed by atoms with Crippen LogP contribution in [0, 0.1) is 0 Å². The molecule has 0 unspecified atom stereocenters. The van der Waals surface area contributed by atoms with Gasteiger partial charge in [0.05, 0.1) is 0 Å². The van der Waals surface area contributed by atoms with Crippen LogP contribution >= 0.6 is 0 Å². The third kappa shape index (κ3) is 0.622. The maximum Gasteiger partial charge on any atom is 0.536 e. The van der Waals surface area contributed by atoms with Gasteiger partial charge in [-0.3, -0.25) is 0 Å². The highest BCUT2D eigenvalue weighted by Crippen LogP contribution is 1.60. The predicted molar refractivity (Wildman–Crippen MR) is 7.19 cm³/mol. The molecule has 0 aromatic carbocycles. The zero-order valence-electron chi connectivity index (χ0n) is 1.69. The van der Waals surface area contributed by atoms with Gasteiger partial charge in [0.1, 0.15) is 0 Å². The number of hydrogen-bond acceptors (Lipinski definition) is 1. The molecule has 0 aliphatic rings. The summed E-state index contributed by atoms with van der Waals surface area (Å²) in [5.41, 5.74) is 0. The molecule has 0 saturated carbocycles. The van der Waals surface area contributed by atoms with Crippen molar-refractivity contribution in [3.63, 3.8) is 0 Å². The van der Waals surface area contributed by atoms with E-state index in [9.17, 15) is 4.39 Å². The molecule has 0 fully saturated rings. The molecule has 0 bridgehead atoms. The highest BCUT2D eigenvalue weighted by molar-refractivity contribution is 5.54. The van der Waals surface area contributed by atoms with E-state index < -0.39 is 6.22 Å². The summed E-state index contributed by atoms with van der Waals surface area (Å²) in [4.78, 5) is 8.22. The van der Waals surface area contributed by atoms with Gasteiger partial charge in [-0.2, -0.15) is 0 Å². The molecule has 4 heavy (non-hydrogen) atoms. The molecule has 0 aliphatic heterocycles. The lowest BCUT2D eigenvalue weighted by atomic mass is 11.6. The van der Waals surface area contributed by atoms with Crippen LogP contribution in [0.1, 0.15) is 0 Å². The Morgan fingerprint density at radius 2 is 1.75 bits per heavy atom. The largest absolute Gasteiger partial charge is 0.536 e. The molecule has 1 radical (unpaired) electrons. The molecule has 3 heteroatoms. The Kier molecular flexibility index (Phi) is 0.694. The molecule has 0 heterocycles. The monoisotopic (exact) mass is 67.0 g/mol. The van der Waals surface area contributed by atoms with Gasteiger partial charge in [-0.1, -0.05) is 0 Å². The van der Waals surface area contributed by atoms with Crippen LogP contribution in [-0.4, -0.2) is 6.22 Å². The van der Waals surface area contributed by atoms with Crippen LogP contribution in [0.4, 0.5) is 9.18 Å². The van der Waals surface area contributed by atoms with E-state index in [1.165, 1.54) is 0 Å². The number of carbonyl (C=O) groups is 1. The second-order valence-corrected chi connectivity index (χ2v) is 0.238. The maximum absolute atomic E-state index is 9.81. The van der Waals surface area contributed by atoms with Crippen LogP contribution < -0.4 is 0 Å². The minimum Gasteiger partial charge on any atom is -0.207 e. The summed E-state index contributed by atoms with van der Waals surface area (Å²) < 4.78 is 9.81. The highest BCUT2D eigenvalue weighted by Gasteiger charge is 1.80. The molecule has 0 aromatic heterocycles. The van der Waals surface area contributed by atoms with Gasteiger partial charge < -0.3 is 0 Å². The van der Waals surface area contributed by atoms with Crippen LogP contribution in [-0.2, 0) is 5.11 Å². The lowest BCUT2D eigenvalue weighted by molar-refractivity contribution is 0.141. The van der Waals surface area contributed by atoms with Gasteiger partial charge in [-0.15, -0.1) is 4.39 Å². The summed E-state index contributed by atoms with van der Waals surface area (Å²) in [6.07, 6.45) is -2.58. The Bertz CT molecular complexity index is 29.0. The normalized spacial score (nSPS) is 6.25. The summed E-state index contributed by atoms with van der Waals surface area (Å²) in [6.45, 7) is 0. The number of rotatable bonds is 0. The van der Waals surface area contributed by atoms with E-state index in [0.29, 0.717) is 0 Å². The van der Waals surface area contributed by atoms with E-state index in [-0.39, 0.29) is 0 Å². The van der Waals surface area contributed by atoms with Crippen molar-refractivity contribution in [2.75, 3.05) is 0 Å². The molecule has 0 saturated heterocycles. The van der Waals surface area contributed by atoms with E-state index in [2.05, 4.69) is 0 Å². The lowest BCUT2D eigenvalue weighted by Gasteiger charge is -1.44. The van der Waals surface area contributed by atoms with Crippen molar-refractivity contribution in [3.05, 3.63) is 0 Å². The molecule has 0 N–H and O–H groups in total. The minimum absolute atomic E-state index is 2.58. The van der Waals surface area contributed by atoms with E-state index >= 15 is 0 Å². The fourth-order valence-electron chi connectivity index (χ4n) is 0. The van der Waals surface area contributed by atoms with Gasteiger partial charge in [-0.25, -0.2) is 9.90 Å². The molecule has 0 aliphatic carbocycles. The quantitative estimate of drug-likeness (QED) is 0.300. The zero-order valence-corrected chi connectivity index (χ0v) is 1.69. The Morgan fingerprint density at radius 3 is 1.75 bits per heavy atom. The average Bonchev–Trinajstić information content (AvgIpc) is 0.811. The van der Waals surface area contributed by atoms with Crippen LogP contribution in [0.5, 0.6) is 0 Å². The van der Waals surface area contributed by atoms with Crippen LogP contribution in [0.15, 0.2) is 0 Å². The van der Waals surface area contributed by atoms with Crippen LogP contribution in [0.3, 0.4) is 0 Å². The number of halogens is 1. The molecular formula is CFO2. The maximum atomic E-state index is 9.81. The van der Waals surface area contributed by atoms with Crippen molar-refractivity contribution in [2.24, 2.45) is 0 Å². The topological polar surface area (TPSA) is 37.0 Å². The molecule has 0 spiro atoms. The smallest absolute Gasteiger partial charge is 0.207 e. The molecule has 2 nitrogen and oxygen atoms in total. The van der Waals surface area contributed by atoms with Gasteiger partial charge in [0.25, 0.3) is 0 Å². The third-order valence-corrected chi connectivity index (χ3v) is 0.